The van der Waals surface area contributed by atoms with Crippen LogP contribution in [-0.2, 0) is 6.54 Å². The van der Waals surface area contributed by atoms with Gasteiger partial charge in [-0.15, -0.1) is 0 Å². The standard InChI is InChI=1S/C14H21IN2/c1-12-5-4-6-13(14(12)15)11-16-7-10-17-8-2-3-9-17/h4-6,16H,2-3,7-11H2,1H3. The molecular weight excluding hydrogens is 323 g/mol. The zero-order valence-electron chi connectivity index (χ0n) is 10.5. The molecule has 94 valence electrons. The Labute approximate surface area is 118 Å². The van der Waals surface area contributed by atoms with Gasteiger partial charge < -0.3 is 10.2 Å². The van der Waals surface area contributed by atoms with Crippen molar-refractivity contribution in [2.75, 3.05) is 26.2 Å². The van der Waals surface area contributed by atoms with E-state index in [-0.39, 0.29) is 0 Å². The smallest absolute Gasteiger partial charge is 0.0216 e. The van der Waals surface area contributed by atoms with Crippen LogP contribution < -0.4 is 5.32 Å². The van der Waals surface area contributed by atoms with Crippen LogP contribution in [0.4, 0.5) is 0 Å². The molecule has 1 fully saturated rings. The molecule has 2 nitrogen and oxygen atoms in total. The number of likely N-dealkylation sites (tertiary alicyclic amines) is 1. The van der Waals surface area contributed by atoms with Gasteiger partial charge in [0, 0.05) is 23.2 Å². The average Bonchev–Trinajstić information content (AvgIpc) is 2.83. The lowest BCUT2D eigenvalue weighted by Gasteiger charge is -2.15. The SMILES string of the molecule is Cc1cccc(CNCCN2CCCC2)c1I. The van der Waals surface area contributed by atoms with E-state index in [1.165, 1.54) is 47.2 Å². The number of hydrogen-bond donors (Lipinski definition) is 1. The summed E-state index contributed by atoms with van der Waals surface area (Å²) < 4.78 is 1.40. The minimum Gasteiger partial charge on any atom is -0.311 e. The number of nitrogens with zero attached hydrogens (tertiary/aromatic N) is 1. The maximum absolute atomic E-state index is 3.55. The lowest BCUT2D eigenvalue weighted by Crippen LogP contribution is -2.29. The molecule has 2 rings (SSSR count). The third-order valence-electron chi connectivity index (χ3n) is 3.39. The average molecular weight is 344 g/mol. The molecule has 1 saturated heterocycles. The Bertz CT molecular complexity index is 359. The van der Waals surface area contributed by atoms with Crippen LogP contribution >= 0.6 is 22.6 Å². The largest absolute Gasteiger partial charge is 0.311 e. The van der Waals surface area contributed by atoms with E-state index in [4.69, 9.17) is 0 Å². The molecule has 0 bridgehead atoms. The molecule has 0 spiro atoms. The normalized spacial score (nSPS) is 16.6. The predicted molar refractivity (Wildman–Crippen MR) is 81.3 cm³/mol. The Balaban J connectivity index is 1.72. The molecule has 1 heterocycles. The molecule has 1 N–H and O–H groups in total. The van der Waals surface area contributed by atoms with E-state index in [0.717, 1.165) is 13.1 Å². The highest BCUT2D eigenvalue weighted by atomic mass is 127. The van der Waals surface area contributed by atoms with Crippen LogP contribution in [-0.4, -0.2) is 31.1 Å². The Morgan fingerprint density at radius 1 is 1.29 bits per heavy atom. The molecule has 1 aromatic rings. The maximum Gasteiger partial charge on any atom is 0.0216 e. The third-order valence-corrected chi connectivity index (χ3v) is 4.93. The number of benzene rings is 1. The summed E-state index contributed by atoms with van der Waals surface area (Å²) in [7, 11) is 0. The Morgan fingerprint density at radius 3 is 2.82 bits per heavy atom. The molecule has 1 aliphatic rings. The van der Waals surface area contributed by atoms with Gasteiger partial charge in [-0.2, -0.15) is 0 Å². The number of nitrogens with one attached hydrogen (secondary N) is 1. The van der Waals surface area contributed by atoms with Gasteiger partial charge in [-0.3, -0.25) is 0 Å². The van der Waals surface area contributed by atoms with E-state index in [1.54, 1.807) is 0 Å². The van der Waals surface area contributed by atoms with Crippen molar-refractivity contribution in [2.45, 2.75) is 26.3 Å². The summed E-state index contributed by atoms with van der Waals surface area (Å²) in [6, 6.07) is 6.54. The first-order valence-corrected chi connectivity index (χ1v) is 7.52. The van der Waals surface area contributed by atoms with Gasteiger partial charge >= 0.3 is 0 Å². The van der Waals surface area contributed by atoms with E-state index in [9.17, 15) is 0 Å². The van der Waals surface area contributed by atoms with E-state index in [2.05, 4.69) is 57.9 Å². The van der Waals surface area contributed by atoms with Gasteiger partial charge in [-0.05, 0) is 66.6 Å². The van der Waals surface area contributed by atoms with Gasteiger partial charge in [0.2, 0.25) is 0 Å². The highest BCUT2D eigenvalue weighted by Crippen LogP contribution is 2.16. The molecule has 17 heavy (non-hydrogen) atoms. The molecule has 1 aromatic carbocycles. The molecule has 1 aliphatic heterocycles. The van der Waals surface area contributed by atoms with Gasteiger partial charge in [0.1, 0.15) is 0 Å². The van der Waals surface area contributed by atoms with Crippen molar-refractivity contribution in [3.63, 3.8) is 0 Å². The quantitative estimate of drug-likeness (QED) is 0.653. The lowest BCUT2D eigenvalue weighted by molar-refractivity contribution is 0.335. The maximum atomic E-state index is 3.55. The van der Waals surface area contributed by atoms with Crippen LogP contribution in [0.15, 0.2) is 18.2 Å². The summed E-state index contributed by atoms with van der Waals surface area (Å²) in [4.78, 5) is 2.55. The van der Waals surface area contributed by atoms with Crippen LogP contribution in [0, 0.1) is 10.5 Å². The zero-order valence-corrected chi connectivity index (χ0v) is 12.7. The Hall–Kier alpha value is -0.130. The molecule has 0 radical (unpaired) electrons. The molecule has 0 unspecified atom stereocenters. The van der Waals surface area contributed by atoms with E-state index in [0.29, 0.717) is 0 Å². The van der Waals surface area contributed by atoms with Gasteiger partial charge in [0.15, 0.2) is 0 Å². The van der Waals surface area contributed by atoms with Gasteiger partial charge in [-0.25, -0.2) is 0 Å². The van der Waals surface area contributed by atoms with Crippen molar-refractivity contribution in [3.05, 3.63) is 32.9 Å². The van der Waals surface area contributed by atoms with E-state index >= 15 is 0 Å². The summed E-state index contributed by atoms with van der Waals surface area (Å²) in [5.74, 6) is 0. The summed E-state index contributed by atoms with van der Waals surface area (Å²) in [6.07, 6.45) is 2.77. The number of hydrogen-bond acceptors (Lipinski definition) is 2. The van der Waals surface area contributed by atoms with Gasteiger partial charge in [0.05, 0.1) is 0 Å². The van der Waals surface area contributed by atoms with Crippen molar-refractivity contribution >= 4 is 22.6 Å². The summed E-state index contributed by atoms with van der Waals surface area (Å²) in [6.45, 7) is 8.06. The molecule has 0 amide bonds. The minimum atomic E-state index is 0.994. The monoisotopic (exact) mass is 344 g/mol. The van der Waals surface area contributed by atoms with Gasteiger partial charge in [0.25, 0.3) is 0 Å². The molecule has 0 aromatic heterocycles. The minimum absolute atomic E-state index is 0.994. The topological polar surface area (TPSA) is 15.3 Å². The Morgan fingerprint density at radius 2 is 2.06 bits per heavy atom. The molecule has 3 heteroatoms. The fraction of sp³-hybridized carbons (Fsp3) is 0.571. The van der Waals surface area contributed by atoms with Crippen LogP contribution in [0.2, 0.25) is 0 Å². The highest BCUT2D eigenvalue weighted by molar-refractivity contribution is 14.1. The van der Waals surface area contributed by atoms with Crippen LogP contribution in [0.5, 0.6) is 0 Å². The molecule has 0 saturated carbocycles. The lowest BCUT2D eigenvalue weighted by atomic mass is 10.1. The first-order valence-electron chi connectivity index (χ1n) is 6.44. The second-order valence-electron chi connectivity index (χ2n) is 4.77. The van der Waals surface area contributed by atoms with Crippen molar-refractivity contribution in [1.29, 1.82) is 0 Å². The predicted octanol–water partition coefficient (Wildman–Crippen LogP) is 2.79. The van der Waals surface area contributed by atoms with Crippen LogP contribution in [0.25, 0.3) is 0 Å². The first kappa shape index (κ1) is 13.3. The number of aryl methyl sites for hydroxylation is 1. The van der Waals surface area contributed by atoms with Crippen molar-refractivity contribution in [1.82, 2.24) is 10.2 Å². The Kier molecular flexibility index (Phi) is 5.25. The van der Waals surface area contributed by atoms with E-state index in [1.807, 2.05) is 0 Å². The van der Waals surface area contributed by atoms with Crippen molar-refractivity contribution in [3.8, 4) is 0 Å². The molecular formula is C14H21IN2. The number of halogens is 1. The zero-order chi connectivity index (χ0) is 12.1. The molecule has 0 aliphatic carbocycles. The second kappa shape index (κ2) is 6.71. The number of rotatable bonds is 5. The first-order chi connectivity index (χ1) is 8.27. The van der Waals surface area contributed by atoms with E-state index < -0.39 is 0 Å². The van der Waals surface area contributed by atoms with Crippen LogP contribution in [0.1, 0.15) is 24.0 Å². The van der Waals surface area contributed by atoms with Crippen molar-refractivity contribution < 1.29 is 0 Å². The fourth-order valence-electron chi connectivity index (χ4n) is 2.31. The molecule has 0 atom stereocenters. The van der Waals surface area contributed by atoms with Crippen molar-refractivity contribution in [2.24, 2.45) is 0 Å². The highest BCUT2D eigenvalue weighted by Gasteiger charge is 2.10. The van der Waals surface area contributed by atoms with Gasteiger partial charge in [-0.1, -0.05) is 18.2 Å². The summed E-state index contributed by atoms with van der Waals surface area (Å²) in [5, 5.41) is 3.55. The van der Waals surface area contributed by atoms with Crippen LogP contribution in [0.3, 0.4) is 0 Å². The summed E-state index contributed by atoms with van der Waals surface area (Å²) in [5.41, 5.74) is 2.80. The third kappa shape index (κ3) is 3.93. The summed E-state index contributed by atoms with van der Waals surface area (Å²) >= 11 is 2.44. The second-order valence-corrected chi connectivity index (χ2v) is 5.85. The fourth-order valence-corrected chi connectivity index (χ4v) is 2.86.